The number of anilines is 2. The van der Waals surface area contributed by atoms with Crippen molar-refractivity contribution in [2.75, 3.05) is 36.6 Å². The van der Waals surface area contributed by atoms with Crippen LogP contribution in [0.5, 0.6) is 17.2 Å². The summed E-state index contributed by atoms with van der Waals surface area (Å²) in [5, 5.41) is 3.82. The zero-order valence-corrected chi connectivity index (χ0v) is 20.3. The summed E-state index contributed by atoms with van der Waals surface area (Å²) in [6.07, 6.45) is 0.757. The molecule has 7 nitrogen and oxygen atoms in total. The molecule has 35 heavy (non-hydrogen) atoms. The van der Waals surface area contributed by atoms with E-state index in [4.69, 9.17) is 37.4 Å². The highest BCUT2D eigenvalue weighted by Gasteiger charge is 2.26. The van der Waals surface area contributed by atoms with Crippen molar-refractivity contribution in [3.05, 3.63) is 76.8 Å². The molecule has 1 N–H and O–H groups in total. The minimum Gasteiger partial charge on any atom is -0.492 e. The maximum Gasteiger partial charge on any atom is 0.265 e. The largest absolute Gasteiger partial charge is 0.492 e. The molecule has 1 aliphatic heterocycles. The number of hydrogen-bond donors (Lipinski definition) is 1. The third-order valence-corrected chi connectivity index (χ3v) is 5.74. The quantitative estimate of drug-likeness (QED) is 0.356. The van der Waals surface area contributed by atoms with Crippen molar-refractivity contribution < 1.29 is 23.8 Å². The molecule has 1 aliphatic rings. The average Bonchev–Trinajstić information content (AvgIpc) is 2.85. The number of rotatable bonds is 10. The number of ether oxygens (including phenoxy) is 3. The standard InChI is InChI=1S/C26H24Cl2N2O5/c27-18-8-10-23(21(28)15-18)34-13-4-7-25(31)29-19-9-11-24-22(16-19)30(26(32)17-35-24)12-14-33-20-5-2-1-3-6-20/h1-3,5-6,8-11,15-16H,4,7,12-14,17H2,(H,29,31). The van der Waals surface area contributed by atoms with Crippen LogP contribution in [0.15, 0.2) is 66.7 Å². The summed E-state index contributed by atoms with van der Waals surface area (Å²) >= 11 is 12.0. The van der Waals surface area contributed by atoms with Crippen molar-refractivity contribution in [3.63, 3.8) is 0 Å². The molecule has 1 heterocycles. The molecule has 0 atom stereocenters. The molecule has 4 rings (SSSR count). The second-order valence-electron chi connectivity index (χ2n) is 7.75. The molecular weight excluding hydrogens is 491 g/mol. The van der Waals surface area contributed by atoms with E-state index in [9.17, 15) is 9.59 Å². The fraction of sp³-hybridized carbons (Fsp3) is 0.231. The van der Waals surface area contributed by atoms with Gasteiger partial charge in [-0.1, -0.05) is 41.4 Å². The second-order valence-corrected chi connectivity index (χ2v) is 8.60. The summed E-state index contributed by atoms with van der Waals surface area (Å²) in [5.41, 5.74) is 1.17. The highest BCUT2D eigenvalue weighted by atomic mass is 35.5. The van der Waals surface area contributed by atoms with Crippen molar-refractivity contribution in [3.8, 4) is 17.2 Å². The molecular formula is C26H24Cl2N2O5. The Balaban J connectivity index is 1.30. The first-order valence-corrected chi connectivity index (χ1v) is 11.9. The maximum absolute atomic E-state index is 12.5. The van der Waals surface area contributed by atoms with Gasteiger partial charge in [0.05, 0.1) is 23.9 Å². The first-order chi connectivity index (χ1) is 17.0. The minimum absolute atomic E-state index is 0.0400. The van der Waals surface area contributed by atoms with Gasteiger partial charge in [-0.25, -0.2) is 0 Å². The molecule has 3 aromatic carbocycles. The molecule has 0 saturated carbocycles. The molecule has 0 aliphatic carbocycles. The van der Waals surface area contributed by atoms with Crippen LogP contribution in [0.2, 0.25) is 10.0 Å². The Labute approximate surface area is 213 Å². The van der Waals surface area contributed by atoms with Gasteiger partial charge < -0.3 is 24.4 Å². The van der Waals surface area contributed by atoms with E-state index in [-0.39, 0.29) is 24.8 Å². The van der Waals surface area contributed by atoms with E-state index in [1.54, 1.807) is 41.3 Å². The van der Waals surface area contributed by atoms with Crippen LogP contribution in [-0.4, -0.2) is 38.2 Å². The van der Waals surface area contributed by atoms with E-state index in [1.165, 1.54) is 0 Å². The summed E-state index contributed by atoms with van der Waals surface area (Å²) < 4.78 is 16.9. The zero-order valence-electron chi connectivity index (χ0n) is 18.8. The van der Waals surface area contributed by atoms with Gasteiger partial charge in [0.1, 0.15) is 23.9 Å². The fourth-order valence-corrected chi connectivity index (χ4v) is 3.99. The van der Waals surface area contributed by atoms with Crippen LogP contribution in [0.3, 0.4) is 0 Å². The number of nitrogens with one attached hydrogen (secondary N) is 1. The SMILES string of the molecule is O=C(CCCOc1ccc(Cl)cc1Cl)Nc1ccc2c(c1)N(CCOc1ccccc1)C(=O)CO2. The van der Waals surface area contributed by atoms with Gasteiger partial charge in [0, 0.05) is 17.1 Å². The molecule has 0 saturated heterocycles. The molecule has 2 amide bonds. The molecule has 0 fully saturated rings. The predicted molar refractivity (Wildman–Crippen MR) is 136 cm³/mol. The maximum atomic E-state index is 12.5. The highest BCUT2D eigenvalue weighted by molar-refractivity contribution is 6.35. The van der Waals surface area contributed by atoms with E-state index in [0.29, 0.717) is 59.1 Å². The van der Waals surface area contributed by atoms with Gasteiger partial charge in [0.15, 0.2) is 6.61 Å². The van der Waals surface area contributed by atoms with Gasteiger partial charge in [-0.15, -0.1) is 0 Å². The van der Waals surface area contributed by atoms with Crippen molar-refractivity contribution in [1.29, 1.82) is 0 Å². The number of carbonyl (C=O) groups is 2. The summed E-state index contributed by atoms with van der Waals surface area (Å²) in [4.78, 5) is 26.5. The van der Waals surface area contributed by atoms with E-state index < -0.39 is 0 Å². The molecule has 182 valence electrons. The predicted octanol–water partition coefficient (Wildman–Crippen LogP) is 5.60. The Bertz CT molecular complexity index is 1190. The number of nitrogens with zero attached hydrogens (tertiary/aromatic N) is 1. The van der Waals surface area contributed by atoms with Crippen LogP contribution in [-0.2, 0) is 9.59 Å². The monoisotopic (exact) mass is 514 g/mol. The Morgan fingerprint density at radius 2 is 1.83 bits per heavy atom. The lowest BCUT2D eigenvalue weighted by Crippen LogP contribution is -2.41. The Hall–Kier alpha value is -3.42. The normalized spacial score (nSPS) is 12.5. The molecule has 0 radical (unpaired) electrons. The van der Waals surface area contributed by atoms with Crippen LogP contribution in [0, 0.1) is 0 Å². The smallest absolute Gasteiger partial charge is 0.265 e. The number of carbonyl (C=O) groups excluding carboxylic acids is 2. The first-order valence-electron chi connectivity index (χ1n) is 11.1. The van der Waals surface area contributed by atoms with Crippen LogP contribution in [0.1, 0.15) is 12.8 Å². The minimum atomic E-state index is -0.171. The Kier molecular flexibility index (Phi) is 8.34. The molecule has 3 aromatic rings. The third-order valence-electron chi connectivity index (χ3n) is 5.21. The molecule has 0 bridgehead atoms. The van der Waals surface area contributed by atoms with Gasteiger partial charge >= 0.3 is 0 Å². The number of benzene rings is 3. The highest BCUT2D eigenvalue weighted by Crippen LogP contribution is 2.34. The second kappa shape index (κ2) is 11.8. The van der Waals surface area contributed by atoms with E-state index >= 15 is 0 Å². The molecule has 0 aromatic heterocycles. The number of hydrogen-bond acceptors (Lipinski definition) is 5. The fourth-order valence-electron chi connectivity index (χ4n) is 3.53. The summed E-state index contributed by atoms with van der Waals surface area (Å²) in [6.45, 7) is 0.966. The zero-order chi connectivity index (χ0) is 24.6. The lowest BCUT2D eigenvalue weighted by molar-refractivity contribution is -0.121. The molecule has 0 unspecified atom stereocenters. The lowest BCUT2D eigenvalue weighted by atomic mass is 10.2. The van der Waals surface area contributed by atoms with E-state index in [2.05, 4.69) is 5.32 Å². The number of amides is 2. The van der Waals surface area contributed by atoms with E-state index in [0.717, 1.165) is 5.75 Å². The van der Waals surface area contributed by atoms with Crippen LogP contribution in [0.25, 0.3) is 0 Å². The first kappa shape index (κ1) is 24.7. The summed E-state index contributed by atoms with van der Waals surface area (Å²) in [7, 11) is 0. The van der Waals surface area contributed by atoms with E-state index in [1.807, 2.05) is 30.3 Å². The number of para-hydroxylation sites is 1. The van der Waals surface area contributed by atoms with Crippen molar-refractivity contribution in [1.82, 2.24) is 0 Å². The van der Waals surface area contributed by atoms with Gasteiger partial charge in [0.2, 0.25) is 5.91 Å². The topological polar surface area (TPSA) is 77.1 Å². The Morgan fingerprint density at radius 3 is 2.63 bits per heavy atom. The third kappa shape index (κ3) is 6.81. The van der Waals surface area contributed by atoms with Crippen molar-refractivity contribution in [2.24, 2.45) is 0 Å². The summed E-state index contributed by atoms with van der Waals surface area (Å²) in [5.74, 6) is 1.49. The van der Waals surface area contributed by atoms with Gasteiger partial charge in [-0.2, -0.15) is 0 Å². The van der Waals surface area contributed by atoms with Gasteiger partial charge in [-0.3, -0.25) is 9.59 Å². The van der Waals surface area contributed by atoms with Gasteiger partial charge in [0.25, 0.3) is 5.91 Å². The van der Waals surface area contributed by atoms with Crippen LogP contribution < -0.4 is 24.4 Å². The Morgan fingerprint density at radius 1 is 1.00 bits per heavy atom. The van der Waals surface area contributed by atoms with Gasteiger partial charge in [-0.05, 0) is 55.0 Å². The molecule has 9 heteroatoms. The van der Waals surface area contributed by atoms with Crippen LogP contribution >= 0.6 is 23.2 Å². The van der Waals surface area contributed by atoms with Crippen molar-refractivity contribution in [2.45, 2.75) is 12.8 Å². The number of halogens is 2. The lowest BCUT2D eigenvalue weighted by Gasteiger charge is -2.29. The molecule has 0 spiro atoms. The number of fused-ring (bicyclic) bond motifs is 1. The van der Waals surface area contributed by atoms with Crippen LogP contribution in [0.4, 0.5) is 11.4 Å². The average molecular weight is 515 g/mol. The summed E-state index contributed by atoms with van der Waals surface area (Å²) in [6, 6.07) is 19.6. The van der Waals surface area contributed by atoms with Crippen molar-refractivity contribution >= 4 is 46.4 Å².